The van der Waals surface area contributed by atoms with Gasteiger partial charge in [-0.25, -0.2) is 9.37 Å². The second-order valence-electron chi connectivity index (χ2n) is 8.11. The van der Waals surface area contributed by atoms with Crippen molar-refractivity contribution in [3.05, 3.63) is 83.6 Å². The Morgan fingerprint density at radius 2 is 1.97 bits per heavy atom. The van der Waals surface area contributed by atoms with Crippen molar-refractivity contribution < 1.29 is 19.0 Å². The Labute approximate surface area is 196 Å². The van der Waals surface area contributed by atoms with Crippen molar-refractivity contribution in [2.75, 3.05) is 19.0 Å². The maximum absolute atomic E-state index is 14.4. The molecule has 0 radical (unpaired) electrons. The number of methoxy groups -OCH3 is 1. The number of rotatable bonds is 8. The van der Waals surface area contributed by atoms with Gasteiger partial charge in [0, 0.05) is 42.0 Å². The number of carbonyl (C=O) groups excluding carboxylic acids is 1. The SMILES string of the molecule is COc1ccc([C@H](NC(=O)c2ccc3cnc(NC(C)CO)cc3c2)c2cnn(C)c2)cc1F. The van der Waals surface area contributed by atoms with Crippen molar-refractivity contribution in [3.8, 4) is 5.75 Å². The number of fused-ring (bicyclic) bond motifs is 1. The Morgan fingerprint density at radius 1 is 1.15 bits per heavy atom. The number of hydrogen-bond donors (Lipinski definition) is 3. The summed E-state index contributed by atoms with van der Waals surface area (Å²) in [5.41, 5.74) is 1.73. The normalized spacial score (nSPS) is 12.9. The second-order valence-corrected chi connectivity index (χ2v) is 8.11. The first kappa shape index (κ1) is 23.2. The van der Waals surface area contributed by atoms with E-state index in [0.29, 0.717) is 16.9 Å². The number of carbonyl (C=O) groups is 1. The van der Waals surface area contributed by atoms with Crippen LogP contribution in [-0.2, 0) is 7.05 Å². The Hall–Kier alpha value is -3.98. The van der Waals surface area contributed by atoms with Crippen molar-refractivity contribution in [2.45, 2.75) is 19.0 Å². The first-order valence-corrected chi connectivity index (χ1v) is 10.8. The van der Waals surface area contributed by atoms with E-state index in [4.69, 9.17) is 4.74 Å². The first-order valence-electron chi connectivity index (χ1n) is 10.8. The van der Waals surface area contributed by atoms with Crippen LogP contribution in [0.2, 0.25) is 0 Å². The highest BCUT2D eigenvalue weighted by Gasteiger charge is 2.21. The van der Waals surface area contributed by atoms with Crippen molar-refractivity contribution in [3.63, 3.8) is 0 Å². The molecule has 2 heterocycles. The van der Waals surface area contributed by atoms with Gasteiger partial charge in [0.1, 0.15) is 5.82 Å². The highest BCUT2D eigenvalue weighted by atomic mass is 19.1. The van der Waals surface area contributed by atoms with Gasteiger partial charge < -0.3 is 20.5 Å². The van der Waals surface area contributed by atoms with Gasteiger partial charge in [-0.1, -0.05) is 12.1 Å². The van der Waals surface area contributed by atoms with E-state index >= 15 is 0 Å². The number of ether oxygens (including phenoxy) is 1. The third-order valence-corrected chi connectivity index (χ3v) is 5.49. The zero-order chi connectivity index (χ0) is 24.2. The molecule has 2 aromatic heterocycles. The van der Waals surface area contributed by atoms with Gasteiger partial charge in [0.15, 0.2) is 11.6 Å². The number of nitrogens with zero attached hydrogens (tertiary/aromatic N) is 3. The lowest BCUT2D eigenvalue weighted by Gasteiger charge is -2.19. The monoisotopic (exact) mass is 463 g/mol. The molecule has 1 unspecified atom stereocenters. The maximum Gasteiger partial charge on any atom is 0.252 e. The van der Waals surface area contributed by atoms with Gasteiger partial charge in [-0.05, 0) is 48.2 Å². The standard InChI is InChI=1S/C25H26FN5O3/c1-15(14-32)29-23-10-19-8-17(4-5-18(19)11-27-23)25(33)30-24(20-12-28-31(2)13-20)16-6-7-22(34-3)21(26)9-16/h4-13,15,24,32H,14H2,1-3H3,(H,27,29)(H,30,33)/t15?,24-/m0/s1. The Kier molecular flexibility index (Phi) is 6.74. The minimum atomic E-state index is -0.614. The Morgan fingerprint density at radius 3 is 2.65 bits per heavy atom. The lowest BCUT2D eigenvalue weighted by atomic mass is 10.00. The van der Waals surface area contributed by atoms with Crippen molar-refractivity contribution in [1.29, 1.82) is 0 Å². The summed E-state index contributed by atoms with van der Waals surface area (Å²) in [6.45, 7) is 1.82. The highest BCUT2D eigenvalue weighted by Crippen LogP contribution is 2.27. The number of hydrogen-bond acceptors (Lipinski definition) is 6. The number of amides is 1. The molecule has 1 amide bonds. The fourth-order valence-corrected chi connectivity index (χ4v) is 3.68. The van der Waals surface area contributed by atoms with E-state index in [9.17, 15) is 14.3 Å². The first-order chi connectivity index (χ1) is 16.4. The minimum Gasteiger partial charge on any atom is -0.494 e. The van der Waals surface area contributed by atoms with Gasteiger partial charge in [0.2, 0.25) is 0 Å². The van der Waals surface area contributed by atoms with E-state index in [1.165, 1.54) is 19.2 Å². The van der Waals surface area contributed by atoms with Crippen LogP contribution in [0.3, 0.4) is 0 Å². The van der Waals surface area contributed by atoms with Gasteiger partial charge in [0.05, 0.1) is 26.0 Å². The van der Waals surface area contributed by atoms with Crippen molar-refractivity contribution >= 4 is 22.5 Å². The van der Waals surface area contributed by atoms with Gasteiger partial charge in [-0.2, -0.15) is 5.10 Å². The third kappa shape index (κ3) is 4.99. The van der Waals surface area contributed by atoms with E-state index < -0.39 is 11.9 Å². The van der Waals surface area contributed by atoms with Crippen LogP contribution in [0.25, 0.3) is 10.8 Å². The van der Waals surface area contributed by atoms with Crippen LogP contribution in [0.1, 0.15) is 34.5 Å². The van der Waals surface area contributed by atoms with Crippen LogP contribution in [0, 0.1) is 5.82 Å². The molecule has 0 aliphatic carbocycles. The summed E-state index contributed by atoms with van der Waals surface area (Å²) in [7, 11) is 3.18. The maximum atomic E-state index is 14.4. The third-order valence-electron chi connectivity index (χ3n) is 5.49. The topological polar surface area (TPSA) is 101 Å². The largest absolute Gasteiger partial charge is 0.494 e. The van der Waals surface area contributed by atoms with Crippen LogP contribution < -0.4 is 15.4 Å². The molecule has 0 aliphatic heterocycles. The van der Waals surface area contributed by atoms with E-state index in [-0.39, 0.29) is 24.3 Å². The number of nitrogens with one attached hydrogen (secondary N) is 2. The molecule has 4 aromatic rings. The predicted octanol–water partition coefficient (Wildman–Crippen LogP) is 3.43. The molecule has 3 N–H and O–H groups in total. The Bertz CT molecular complexity index is 1320. The molecule has 176 valence electrons. The fraction of sp³-hybridized carbons (Fsp3) is 0.240. The molecule has 0 saturated carbocycles. The molecule has 8 nitrogen and oxygen atoms in total. The van der Waals surface area contributed by atoms with Crippen LogP contribution in [0.5, 0.6) is 5.75 Å². The number of halogens is 1. The van der Waals surface area contributed by atoms with Gasteiger partial charge >= 0.3 is 0 Å². The summed E-state index contributed by atoms with van der Waals surface area (Å²) >= 11 is 0. The number of aliphatic hydroxyl groups excluding tert-OH is 1. The van der Waals surface area contributed by atoms with E-state index in [0.717, 1.165) is 16.3 Å². The van der Waals surface area contributed by atoms with E-state index in [1.54, 1.807) is 48.5 Å². The molecule has 2 atom stereocenters. The number of aromatic nitrogens is 3. The second kappa shape index (κ2) is 9.88. The molecule has 0 spiro atoms. The molecule has 34 heavy (non-hydrogen) atoms. The summed E-state index contributed by atoms with van der Waals surface area (Å²) < 4.78 is 21.1. The van der Waals surface area contributed by atoms with E-state index in [2.05, 4.69) is 20.7 Å². The molecule has 0 fully saturated rings. The predicted molar refractivity (Wildman–Crippen MR) is 127 cm³/mol. The van der Waals surface area contributed by atoms with Crippen molar-refractivity contribution in [1.82, 2.24) is 20.1 Å². The summed E-state index contributed by atoms with van der Waals surface area (Å²) in [4.78, 5) is 17.6. The average Bonchev–Trinajstić information content (AvgIpc) is 3.27. The highest BCUT2D eigenvalue weighted by molar-refractivity contribution is 5.99. The summed E-state index contributed by atoms with van der Waals surface area (Å²) in [6.07, 6.45) is 5.13. The van der Waals surface area contributed by atoms with Crippen LogP contribution >= 0.6 is 0 Å². The van der Waals surface area contributed by atoms with Crippen LogP contribution in [0.15, 0.2) is 61.1 Å². The summed E-state index contributed by atoms with van der Waals surface area (Å²) in [5, 5.41) is 21.3. The smallest absolute Gasteiger partial charge is 0.252 e. The lowest BCUT2D eigenvalue weighted by molar-refractivity contribution is 0.0943. The zero-order valence-electron chi connectivity index (χ0n) is 19.1. The number of aliphatic hydroxyl groups is 1. The number of anilines is 1. The lowest BCUT2D eigenvalue weighted by Crippen LogP contribution is -2.29. The summed E-state index contributed by atoms with van der Waals surface area (Å²) in [5.74, 6) is -0.0999. The molecular weight excluding hydrogens is 437 g/mol. The average molecular weight is 464 g/mol. The number of benzene rings is 2. The molecule has 9 heteroatoms. The molecule has 0 bridgehead atoms. The molecule has 2 aromatic carbocycles. The number of aryl methyl sites for hydroxylation is 1. The van der Waals surface area contributed by atoms with Gasteiger partial charge in [-0.3, -0.25) is 9.48 Å². The van der Waals surface area contributed by atoms with Crippen molar-refractivity contribution in [2.24, 2.45) is 7.05 Å². The minimum absolute atomic E-state index is 0.0240. The summed E-state index contributed by atoms with van der Waals surface area (Å²) in [6, 6.07) is 11.0. The quantitative estimate of drug-likeness (QED) is 0.370. The fourth-order valence-electron chi connectivity index (χ4n) is 3.68. The zero-order valence-corrected chi connectivity index (χ0v) is 19.1. The van der Waals surface area contributed by atoms with Gasteiger partial charge in [-0.15, -0.1) is 0 Å². The molecule has 0 aliphatic rings. The van der Waals surface area contributed by atoms with Gasteiger partial charge in [0.25, 0.3) is 5.91 Å². The van der Waals surface area contributed by atoms with Crippen LogP contribution in [-0.4, -0.2) is 45.5 Å². The van der Waals surface area contributed by atoms with E-state index in [1.807, 2.05) is 19.1 Å². The van der Waals surface area contributed by atoms with Crippen LogP contribution in [0.4, 0.5) is 10.2 Å². The Balaban J connectivity index is 1.65. The molecular formula is C25H26FN5O3. The molecule has 0 saturated heterocycles. The number of pyridine rings is 1. The molecule has 4 rings (SSSR count).